The molecule has 4 rings (SSSR count). The number of alkyl halides is 3. The second kappa shape index (κ2) is 11.6. The Kier molecular flexibility index (Phi) is 8.39. The third kappa shape index (κ3) is 6.74. The first kappa shape index (κ1) is 28.9. The van der Waals surface area contributed by atoms with E-state index in [0.717, 1.165) is 0 Å². The van der Waals surface area contributed by atoms with Crippen molar-refractivity contribution >= 4 is 34.4 Å². The third-order valence-electron chi connectivity index (χ3n) is 6.48. The topological polar surface area (TPSA) is 75.6 Å². The van der Waals surface area contributed by atoms with Gasteiger partial charge < -0.3 is 15.2 Å². The number of carboxylic acid groups (broad SMARTS) is 1. The summed E-state index contributed by atoms with van der Waals surface area (Å²) in [6.07, 6.45) is 0. The van der Waals surface area contributed by atoms with Gasteiger partial charge in [-0.25, -0.2) is 9.18 Å². The van der Waals surface area contributed by atoms with Crippen LogP contribution >= 0.6 is 11.8 Å². The largest absolute Gasteiger partial charge is 0.487 e. The summed E-state index contributed by atoms with van der Waals surface area (Å²) in [5.41, 5.74) is -4.13. The van der Waals surface area contributed by atoms with Gasteiger partial charge in [-0.05, 0) is 64.7 Å². The average molecular weight is 572 g/mol. The fourth-order valence-electron chi connectivity index (χ4n) is 4.34. The molecule has 0 aliphatic rings. The normalized spacial score (nSPS) is 12.7. The number of carbonyl (C=O) groups is 2. The van der Waals surface area contributed by atoms with Crippen LogP contribution in [0.1, 0.15) is 35.3 Å². The van der Waals surface area contributed by atoms with Crippen molar-refractivity contribution in [3.05, 3.63) is 107 Å². The fraction of sp³-hybridized carbons (Fsp3) is 0.200. The van der Waals surface area contributed by atoms with E-state index in [9.17, 15) is 32.3 Å². The van der Waals surface area contributed by atoms with E-state index < -0.39 is 34.7 Å². The number of aliphatic carboxylic acids is 1. The minimum absolute atomic E-state index is 0.0118. The van der Waals surface area contributed by atoms with Crippen molar-refractivity contribution in [2.45, 2.75) is 42.3 Å². The van der Waals surface area contributed by atoms with Gasteiger partial charge in [-0.2, -0.15) is 13.2 Å². The van der Waals surface area contributed by atoms with Gasteiger partial charge in [0.05, 0.1) is 5.56 Å². The highest BCUT2D eigenvalue weighted by Gasteiger charge is 2.38. The summed E-state index contributed by atoms with van der Waals surface area (Å²) in [6, 6.07) is 20.1. The predicted molar refractivity (Wildman–Crippen MR) is 145 cm³/mol. The Morgan fingerprint density at radius 3 is 2.25 bits per heavy atom. The van der Waals surface area contributed by atoms with Crippen molar-refractivity contribution in [2.24, 2.45) is 0 Å². The molecule has 0 heterocycles. The Morgan fingerprint density at radius 1 is 0.950 bits per heavy atom. The molecule has 208 valence electrons. The number of carbonyl (C=O) groups excluding carboxylic acids is 1. The molecule has 0 aromatic heterocycles. The van der Waals surface area contributed by atoms with E-state index in [1.807, 2.05) is 0 Å². The van der Waals surface area contributed by atoms with Crippen LogP contribution in [-0.2, 0) is 16.8 Å². The number of benzene rings is 4. The molecule has 0 radical (unpaired) electrons. The lowest BCUT2D eigenvalue weighted by atomic mass is 9.77. The van der Waals surface area contributed by atoms with Gasteiger partial charge >= 0.3 is 11.5 Å². The van der Waals surface area contributed by atoms with Gasteiger partial charge in [0, 0.05) is 15.7 Å². The number of thioether (sulfide) groups is 1. The van der Waals surface area contributed by atoms with E-state index in [-0.39, 0.29) is 34.6 Å². The van der Waals surface area contributed by atoms with Crippen LogP contribution < -0.4 is 10.1 Å². The monoisotopic (exact) mass is 571 g/mol. The first-order valence-electron chi connectivity index (χ1n) is 12.1. The summed E-state index contributed by atoms with van der Waals surface area (Å²) >= 11 is -0.236. The molecule has 0 fully saturated rings. The molecule has 2 N–H and O–H groups in total. The maximum atomic E-state index is 13.9. The maximum absolute atomic E-state index is 13.9. The Morgan fingerprint density at radius 2 is 1.62 bits per heavy atom. The van der Waals surface area contributed by atoms with Gasteiger partial charge in [0.2, 0.25) is 0 Å². The van der Waals surface area contributed by atoms with E-state index in [2.05, 4.69) is 5.32 Å². The summed E-state index contributed by atoms with van der Waals surface area (Å²) < 4.78 is 57.9. The fourth-order valence-corrected chi connectivity index (χ4v) is 4.88. The number of ether oxygens (including phenoxy) is 1. The van der Waals surface area contributed by atoms with Crippen LogP contribution in [0.3, 0.4) is 0 Å². The molecule has 1 amide bonds. The molecule has 1 unspecified atom stereocenters. The molecular weight excluding hydrogens is 546 g/mol. The lowest BCUT2D eigenvalue weighted by molar-refractivity contribution is -0.140. The molecule has 0 bridgehead atoms. The van der Waals surface area contributed by atoms with Crippen molar-refractivity contribution in [1.29, 1.82) is 0 Å². The van der Waals surface area contributed by atoms with Gasteiger partial charge in [0.1, 0.15) is 24.2 Å². The van der Waals surface area contributed by atoms with Gasteiger partial charge in [-0.3, -0.25) is 4.79 Å². The number of nitrogens with one attached hydrogen (secondary N) is 1. The number of hydrogen-bond acceptors (Lipinski definition) is 4. The zero-order valence-electron chi connectivity index (χ0n) is 21.5. The summed E-state index contributed by atoms with van der Waals surface area (Å²) in [5.74, 6) is -2.35. The molecule has 40 heavy (non-hydrogen) atoms. The number of hydrogen-bond donors (Lipinski definition) is 2. The smallest absolute Gasteiger partial charge is 0.446 e. The Hall–Kier alpha value is -4.05. The predicted octanol–water partition coefficient (Wildman–Crippen LogP) is 7.33. The molecule has 4 aromatic carbocycles. The molecule has 0 aliphatic carbocycles. The Bertz CT molecular complexity index is 1520. The standard InChI is InChI=1S/C30H25F4NO4S/c1-29(2,20-6-4-3-5-7-20)26(28(37)38)35-27(36)24-14-10-19-16-21(31)11-15-23(19)25(24)39-17-18-8-12-22(13-9-18)40-30(32,33)34/h3-16,26H,17H2,1-2H3,(H,35,36)(H,37,38). The molecule has 1 atom stereocenters. The van der Waals surface area contributed by atoms with Crippen LogP contribution in [0.25, 0.3) is 10.8 Å². The van der Waals surface area contributed by atoms with Gasteiger partial charge in [0.15, 0.2) is 0 Å². The van der Waals surface area contributed by atoms with Crippen LogP contribution in [0.2, 0.25) is 0 Å². The quantitative estimate of drug-likeness (QED) is 0.163. The van der Waals surface area contributed by atoms with E-state index in [0.29, 0.717) is 21.9 Å². The lowest BCUT2D eigenvalue weighted by Gasteiger charge is -2.32. The lowest BCUT2D eigenvalue weighted by Crippen LogP contribution is -2.52. The highest BCUT2D eigenvalue weighted by atomic mass is 32.2. The second-order valence-corrected chi connectivity index (χ2v) is 10.8. The Balaban J connectivity index is 1.65. The zero-order valence-corrected chi connectivity index (χ0v) is 22.3. The molecule has 10 heteroatoms. The van der Waals surface area contributed by atoms with Crippen LogP contribution in [0.5, 0.6) is 5.75 Å². The number of fused-ring (bicyclic) bond motifs is 1. The first-order chi connectivity index (χ1) is 18.8. The van der Waals surface area contributed by atoms with Crippen molar-refractivity contribution in [3.8, 4) is 5.75 Å². The van der Waals surface area contributed by atoms with Crippen molar-refractivity contribution in [3.63, 3.8) is 0 Å². The summed E-state index contributed by atoms with van der Waals surface area (Å²) in [5, 5.41) is 13.5. The molecule has 0 saturated carbocycles. The number of amides is 1. The first-order valence-corrected chi connectivity index (χ1v) is 13.0. The second-order valence-electron chi connectivity index (χ2n) is 9.62. The average Bonchev–Trinajstić information content (AvgIpc) is 2.90. The molecule has 0 saturated heterocycles. The molecule has 0 spiro atoms. The minimum Gasteiger partial charge on any atom is -0.487 e. The van der Waals surface area contributed by atoms with Crippen LogP contribution in [0.15, 0.2) is 89.8 Å². The zero-order chi connectivity index (χ0) is 29.1. The third-order valence-corrected chi connectivity index (χ3v) is 7.22. The van der Waals surface area contributed by atoms with Crippen molar-refractivity contribution in [2.75, 3.05) is 0 Å². The van der Waals surface area contributed by atoms with E-state index in [1.165, 1.54) is 54.6 Å². The van der Waals surface area contributed by atoms with Gasteiger partial charge in [0.25, 0.3) is 5.91 Å². The van der Waals surface area contributed by atoms with Gasteiger partial charge in [-0.15, -0.1) is 0 Å². The Labute approximate surface area is 232 Å². The molecule has 4 aromatic rings. The molecule has 5 nitrogen and oxygen atoms in total. The summed E-state index contributed by atoms with van der Waals surface area (Å²) in [6.45, 7) is 3.32. The maximum Gasteiger partial charge on any atom is 0.446 e. The SMILES string of the molecule is CC(C)(c1ccccc1)C(NC(=O)c1ccc2cc(F)ccc2c1OCc1ccc(SC(F)(F)F)cc1)C(=O)O. The number of carboxylic acids is 1. The molecule has 0 aliphatic heterocycles. The highest BCUT2D eigenvalue weighted by molar-refractivity contribution is 8.00. The van der Waals surface area contributed by atoms with Gasteiger partial charge in [-0.1, -0.05) is 62.4 Å². The van der Waals surface area contributed by atoms with E-state index in [1.54, 1.807) is 44.2 Å². The van der Waals surface area contributed by atoms with E-state index >= 15 is 0 Å². The highest BCUT2D eigenvalue weighted by Crippen LogP contribution is 2.37. The minimum atomic E-state index is -4.42. The molecular formula is C30H25F4NO4S. The van der Waals surface area contributed by atoms with Crippen molar-refractivity contribution < 1.29 is 37.0 Å². The van der Waals surface area contributed by atoms with E-state index in [4.69, 9.17) is 4.74 Å². The summed E-state index contributed by atoms with van der Waals surface area (Å²) in [4.78, 5) is 25.8. The van der Waals surface area contributed by atoms with Crippen LogP contribution in [0, 0.1) is 5.82 Å². The van der Waals surface area contributed by atoms with Crippen LogP contribution in [0.4, 0.5) is 17.6 Å². The number of halogens is 4. The summed E-state index contributed by atoms with van der Waals surface area (Å²) in [7, 11) is 0. The number of rotatable bonds is 9. The van der Waals surface area contributed by atoms with Crippen LogP contribution in [-0.4, -0.2) is 28.5 Å². The van der Waals surface area contributed by atoms with Crippen molar-refractivity contribution in [1.82, 2.24) is 5.32 Å².